The van der Waals surface area contributed by atoms with Crippen LogP contribution in [0.1, 0.15) is 43.5 Å². The number of fused-ring (bicyclic) bond motifs is 1. The molecular weight excluding hydrogens is 269 g/mol. The van der Waals surface area contributed by atoms with E-state index in [1.165, 1.54) is 12.1 Å². The van der Waals surface area contributed by atoms with Crippen LogP contribution in [-0.4, -0.2) is 16.3 Å². The van der Waals surface area contributed by atoms with Gasteiger partial charge in [0.1, 0.15) is 17.7 Å². The van der Waals surface area contributed by atoms with Gasteiger partial charge in [-0.3, -0.25) is 4.68 Å². The summed E-state index contributed by atoms with van der Waals surface area (Å²) in [5.41, 5.74) is 2.06. The Kier molecular flexibility index (Phi) is 3.92. The first-order valence-electron chi connectivity index (χ1n) is 7.43. The van der Waals surface area contributed by atoms with Gasteiger partial charge in [0.25, 0.3) is 0 Å². The third kappa shape index (κ3) is 2.78. The minimum atomic E-state index is -0.270. The highest BCUT2D eigenvalue weighted by atomic mass is 19.1. The quantitative estimate of drug-likeness (QED) is 0.939. The van der Waals surface area contributed by atoms with Gasteiger partial charge in [0, 0.05) is 42.4 Å². The van der Waals surface area contributed by atoms with Gasteiger partial charge >= 0.3 is 0 Å². The minimum absolute atomic E-state index is 0.0938. The maximum Gasteiger partial charge on any atom is 0.129 e. The van der Waals surface area contributed by atoms with Crippen LogP contribution < -0.4 is 10.1 Å². The molecule has 112 valence electrons. The van der Waals surface area contributed by atoms with E-state index in [2.05, 4.69) is 17.3 Å². The van der Waals surface area contributed by atoms with Crippen LogP contribution in [0, 0.1) is 5.82 Å². The third-order valence-corrected chi connectivity index (χ3v) is 3.87. The number of aromatic nitrogens is 2. The predicted octanol–water partition coefficient (Wildman–Crippen LogP) is 3.22. The number of ether oxygens (including phenoxy) is 1. The normalized spacial score (nSPS) is 20.9. The van der Waals surface area contributed by atoms with E-state index in [-0.39, 0.29) is 18.0 Å². The van der Waals surface area contributed by atoms with E-state index < -0.39 is 0 Å². The molecular formula is C16H20FN3O. The molecule has 1 aliphatic heterocycles. The van der Waals surface area contributed by atoms with E-state index in [1.54, 1.807) is 0 Å². The summed E-state index contributed by atoms with van der Waals surface area (Å²) in [4.78, 5) is 0. The van der Waals surface area contributed by atoms with Crippen LogP contribution in [0.2, 0.25) is 0 Å². The highest BCUT2D eigenvalue weighted by molar-refractivity contribution is 5.39. The van der Waals surface area contributed by atoms with Crippen molar-refractivity contribution >= 4 is 0 Å². The standard InChI is InChI=1S/C16H20FN3O/c1-3-18-14-8-15(11-9-19-20(4-2)10-11)21-16-7-12(17)5-6-13(14)16/h5-7,9-10,14-15,18H,3-4,8H2,1-2H3. The summed E-state index contributed by atoms with van der Waals surface area (Å²) in [6, 6.07) is 4.94. The van der Waals surface area contributed by atoms with E-state index in [4.69, 9.17) is 4.74 Å². The van der Waals surface area contributed by atoms with Crippen LogP contribution in [0.25, 0.3) is 0 Å². The van der Waals surface area contributed by atoms with Gasteiger partial charge in [0.05, 0.1) is 6.20 Å². The second kappa shape index (κ2) is 5.85. The lowest BCUT2D eigenvalue weighted by molar-refractivity contribution is 0.151. The molecule has 2 heterocycles. The number of halogens is 1. The van der Waals surface area contributed by atoms with E-state index in [9.17, 15) is 4.39 Å². The highest BCUT2D eigenvalue weighted by Gasteiger charge is 2.29. The SMILES string of the molecule is CCNC1CC(c2cnn(CC)c2)Oc2cc(F)ccc21. The summed E-state index contributed by atoms with van der Waals surface area (Å²) < 4.78 is 21.4. The number of rotatable bonds is 4. The second-order valence-corrected chi connectivity index (χ2v) is 5.26. The number of aryl methyl sites for hydroxylation is 1. The molecule has 4 nitrogen and oxygen atoms in total. The molecule has 0 radical (unpaired) electrons. The summed E-state index contributed by atoms with van der Waals surface area (Å²) >= 11 is 0. The summed E-state index contributed by atoms with van der Waals surface area (Å²) in [5, 5.41) is 7.75. The molecule has 0 amide bonds. The molecule has 1 aliphatic rings. The largest absolute Gasteiger partial charge is 0.485 e. The van der Waals surface area contributed by atoms with Gasteiger partial charge in [0.15, 0.2) is 0 Å². The van der Waals surface area contributed by atoms with Gasteiger partial charge in [-0.15, -0.1) is 0 Å². The first kappa shape index (κ1) is 14.1. The molecule has 0 saturated heterocycles. The molecule has 2 unspecified atom stereocenters. The Morgan fingerprint density at radius 2 is 2.29 bits per heavy atom. The Labute approximate surface area is 123 Å². The molecule has 21 heavy (non-hydrogen) atoms. The van der Waals surface area contributed by atoms with Gasteiger partial charge in [0.2, 0.25) is 0 Å². The smallest absolute Gasteiger partial charge is 0.129 e. The summed E-state index contributed by atoms with van der Waals surface area (Å²) in [6.45, 7) is 5.81. The molecule has 2 atom stereocenters. The van der Waals surface area contributed by atoms with Crippen LogP contribution in [0.3, 0.4) is 0 Å². The Bertz CT molecular complexity index is 626. The fourth-order valence-electron chi connectivity index (χ4n) is 2.80. The van der Waals surface area contributed by atoms with Gasteiger partial charge < -0.3 is 10.1 Å². The van der Waals surface area contributed by atoms with Crippen molar-refractivity contribution in [2.75, 3.05) is 6.54 Å². The van der Waals surface area contributed by atoms with Crippen molar-refractivity contribution < 1.29 is 9.13 Å². The molecule has 3 rings (SSSR count). The Hall–Kier alpha value is -1.88. The molecule has 1 aromatic heterocycles. The van der Waals surface area contributed by atoms with Crippen LogP contribution in [0.15, 0.2) is 30.6 Å². The lowest BCUT2D eigenvalue weighted by Crippen LogP contribution is -2.29. The van der Waals surface area contributed by atoms with Crippen molar-refractivity contribution in [1.82, 2.24) is 15.1 Å². The Morgan fingerprint density at radius 3 is 3.00 bits per heavy atom. The van der Waals surface area contributed by atoms with Crippen molar-refractivity contribution in [1.29, 1.82) is 0 Å². The third-order valence-electron chi connectivity index (χ3n) is 3.87. The predicted molar refractivity (Wildman–Crippen MR) is 78.7 cm³/mol. The van der Waals surface area contributed by atoms with Crippen molar-refractivity contribution in [3.63, 3.8) is 0 Å². The molecule has 5 heteroatoms. The molecule has 0 saturated carbocycles. The number of hydrogen-bond donors (Lipinski definition) is 1. The topological polar surface area (TPSA) is 39.1 Å². The number of hydrogen-bond acceptors (Lipinski definition) is 3. The summed E-state index contributed by atoms with van der Waals surface area (Å²) in [5.74, 6) is 0.357. The summed E-state index contributed by atoms with van der Waals surface area (Å²) in [7, 11) is 0. The fourth-order valence-corrected chi connectivity index (χ4v) is 2.80. The molecule has 0 bridgehead atoms. The molecule has 2 aromatic rings. The zero-order chi connectivity index (χ0) is 14.8. The molecule has 0 spiro atoms. The highest BCUT2D eigenvalue weighted by Crippen LogP contribution is 2.40. The van der Waals surface area contributed by atoms with Crippen molar-refractivity contribution in [3.8, 4) is 5.75 Å². The zero-order valence-electron chi connectivity index (χ0n) is 12.3. The lowest BCUT2D eigenvalue weighted by Gasteiger charge is -2.32. The Morgan fingerprint density at radius 1 is 1.43 bits per heavy atom. The molecule has 1 N–H and O–H groups in total. The van der Waals surface area contributed by atoms with Gasteiger partial charge in [-0.1, -0.05) is 13.0 Å². The minimum Gasteiger partial charge on any atom is -0.485 e. The molecule has 0 fully saturated rings. The monoisotopic (exact) mass is 289 g/mol. The van der Waals surface area contributed by atoms with Crippen LogP contribution in [0.5, 0.6) is 5.75 Å². The zero-order valence-corrected chi connectivity index (χ0v) is 12.3. The molecule has 0 aliphatic carbocycles. The van der Waals surface area contributed by atoms with E-state index in [1.807, 2.05) is 30.1 Å². The second-order valence-electron chi connectivity index (χ2n) is 5.26. The maximum absolute atomic E-state index is 13.5. The Balaban J connectivity index is 1.92. The van der Waals surface area contributed by atoms with E-state index in [0.29, 0.717) is 5.75 Å². The van der Waals surface area contributed by atoms with Crippen LogP contribution >= 0.6 is 0 Å². The van der Waals surface area contributed by atoms with Gasteiger partial charge in [-0.25, -0.2) is 4.39 Å². The van der Waals surface area contributed by atoms with E-state index in [0.717, 1.165) is 30.6 Å². The fraction of sp³-hybridized carbons (Fsp3) is 0.438. The number of benzene rings is 1. The number of nitrogens with one attached hydrogen (secondary N) is 1. The summed E-state index contributed by atoms with van der Waals surface area (Å²) in [6.07, 6.45) is 4.56. The van der Waals surface area contributed by atoms with Crippen molar-refractivity contribution in [2.24, 2.45) is 0 Å². The molecule has 1 aromatic carbocycles. The van der Waals surface area contributed by atoms with Crippen molar-refractivity contribution in [2.45, 2.75) is 39.0 Å². The van der Waals surface area contributed by atoms with Crippen LogP contribution in [-0.2, 0) is 6.54 Å². The first-order valence-corrected chi connectivity index (χ1v) is 7.43. The average molecular weight is 289 g/mol. The maximum atomic E-state index is 13.5. The van der Waals surface area contributed by atoms with Crippen LogP contribution in [0.4, 0.5) is 4.39 Å². The van der Waals surface area contributed by atoms with Crippen molar-refractivity contribution in [3.05, 3.63) is 47.5 Å². The van der Waals surface area contributed by atoms with Gasteiger partial charge in [-0.05, 0) is 19.5 Å². The first-order chi connectivity index (χ1) is 10.2. The lowest BCUT2D eigenvalue weighted by atomic mass is 9.94. The average Bonchev–Trinajstić information content (AvgIpc) is 2.96. The van der Waals surface area contributed by atoms with E-state index >= 15 is 0 Å². The number of nitrogens with zero attached hydrogens (tertiary/aromatic N) is 2. The van der Waals surface area contributed by atoms with Gasteiger partial charge in [-0.2, -0.15) is 5.10 Å².